The van der Waals surface area contributed by atoms with Crippen LogP contribution in [0.3, 0.4) is 0 Å². The first-order valence-corrected chi connectivity index (χ1v) is 6.14. The minimum Gasteiger partial charge on any atom is -0.483 e. The standard InChI is InChI=1S/C14H18N2O/c1-3-14(4-2)11-16(10-9-15)12-7-5-6-8-13(12)17-14/h5-8H,3-4,10-11H2,1-2H3. The molecule has 3 nitrogen and oxygen atoms in total. The van der Waals surface area contributed by atoms with Gasteiger partial charge in [0.1, 0.15) is 17.9 Å². The van der Waals surface area contributed by atoms with Crippen molar-refractivity contribution in [1.82, 2.24) is 0 Å². The number of rotatable bonds is 3. The summed E-state index contributed by atoms with van der Waals surface area (Å²) in [5.41, 5.74) is 0.886. The van der Waals surface area contributed by atoms with Crippen LogP contribution in [0.25, 0.3) is 0 Å². The normalized spacial score (nSPS) is 16.9. The molecule has 1 heterocycles. The average molecular weight is 230 g/mol. The molecule has 0 radical (unpaired) electrons. The highest BCUT2D eigenvalue weighted by atomic mass is 16.5. The zero-order chi connectivity index (χ0) is 12.3. The van der Waals surface area contributed by atoms with Crippen LogP contribution < -0.4 is 9.64 Å². The topological polar surface area (TPSA) is 36.3 Å². The van der Waals surface area contributed by atoms with Gasteiger partial charge in [-0.15, -0.1) is 0 Å². The second-order valence-electron chi connectivity index (χ2n) is 4.47. The van der Waals surface area contributed by atoms with Gasteiger partial charge < -0.3 is 9.64 Å². The number of fused-ring (bicyclic) bond motifs is 1. The molecule has 0 unspecified atom stereocenters. The highest BCUT2D eigenvalue weighted by Crippen LogP contribution is 2.39. The van der Waals surface area contributed by atoms with E-state index < -0.39 is 0 Å². The van der Waals surface area contributed by atoms with Crippen LogP contribution in [0, 0.1) is 11.3 Å². The molecule has 1 aromatic rings. The number of nitrogens with zero attached hydrogens (tertiary/aromatic N) is 2. The third kappa shape index (κ3) is 2.08. The highest BCUT2D eigenvalue weighted by molar-refractivity contribution is 5.61. The van der Waals surface area contributed by atoms with Crippen molar-refractivity contribution >= 4 is 5.69 Å². The molecule has 1 aliphatic heterocycles. The molecule has 0 saturated heterocycles. The molecule has 0 aliphatic carbocycles. The van der Waals surface area contributed by atoms with Crippen LogP contribution in [0.2, 0.25) is 0 Å². The lowest BCUT2D eigenvalue weighted by Crippen LogP contribution is -2.50. The molecule has 1 aromatic carbocycles. The molecule has 0 bridgehead atoms. The molecule has 0 saturated carbocycles. The summed E-state index contributed by atoms with van der Waals surface area (Å²) < 4.78 is 6.14. The number of hydrogen-bond acceptors (Lipinski definition) is 3. The zero-order valence-corrected chi connectivity index (χ0v) is 10.4. The molecule has 90 valence electrons. The van der Waals surface area contributed by atoms with Gasteiger partial charge in [-0.1, -0.05) is 26.0 Å². The quantitative estimate of drug-likeness (QED) is 0.749. The lowest BCUT2D eigenvalue weighted by molar-refractivity contribution is 0.0583. The van der Waals surface area contributed by atoms with Crippen molar-refractivity contribution in [2.45, 2.75) is 32.3 Å². The van der Waals surface area contributed by atoms with Gasteiger partial charge >= 0.3 is 0 Å². The Morgan fingerprint density at radius 2 is 2.06 bits per heavy atom. The second kappa shape index (κ2) is 4.67. The van der Waals surface area contributed by atoms with Crippen LogP contribution in [0.4, 0.5) is 5.69 Å². The maximum absolute atomic E-state index is 8.93. The maximum atomic E-state index is 8.93. The minimum absolute atomic E-state index is 0.148. The van der Waals surface area contributed by atoms with E-state index in [1.807, 2.05) is 24.3 Å². The second-order valence-corrected chi connectivity index (χ2v) is 4.47. The molecular weight excluding hydrogens is 212 g/mol. The van der Waals surface area contributed by atoms with Crippen molar-refractivity contribution in [3.63, 3.8) is 0 Å². The van der Waals surface area contributed by atoms with Crippen LogP contribution in [0.5, 0.6) is 5.75 Å². The van der Waals surface area contributed by atoms with Gasteiger partial charge in [-0.3, -0.25) is 0 Å². The fourth-order valence-corrected chi connectivity index (χ4v) is 2.35. The largest absolute Gasteiger partial charge is 0.483 e. The Bertz CT molecular complexity index is 432. The van der Waals surface area contributed by atoms with Crippen molar-refractivity contribution in [1.29, 1.82) is 5.26 Å². The first-order chi connectivity index (χ1) is 8.24. The smallest absolute Gasteiger partial charge is 0.143 e. The fraction of sp³-hybridized carbons (Fsp3) is 0.500. The molecule has 0 spiro atoms. The number of para-hydroxylation sites is 2. The van der Waals surface area contributed by atoms with E-state index in [2.05, 4.69) is 24.8 Å². The third-order valence-electron chi connectivity index (χ3n) is 3.56. The molecule has 1 aliphatic rings. The summed E-state index contributed by atoms with van der Waals surface area (Å²) in [5.74, 6) is 0.901. The van der Waals surface area contributed by atoms with E-state index in [0.717, 1.165) is 30.8 Å². The van der Waals surface area contributed by atoms with Crippen molar-refractivity contribution < 1.29 is 4.74 Å². The Hall–Kier alpha value is -1.69. The summed E-state index contributed by atoms with van der Waals surface area (Å²) in [6, 6.07) is 10.2. The summed E-state index contributed by atoms with van der Waals surface area (Å²) in [5, 5.41) is 8.93. The first kappa shape index (κ1) is 11.8. The van der Waals surface area contributed by atoms with Crippen molar-refractivity contribution in [2.75, 3.05) is 18.0 Å². The van der Waals surface area contributed by atoms with Crippen LogP contribution in [-0.2, 0) is 0 Å². The number of benzene rings is 1. The number of nitriles is 1. The van der Waals surface area contributed by atoms with E-state index >= 15 is 0 Å². The molecule has 0 fully saturated rings. The van der Waals surface area contributed by atoms with Crippen molar-refractivity contribution in [3.05, 3.63) is 24.3 Å². The molecule has 3 heteroatoms. The number of anilines is 1. The average Bonchev–Trinajstić information content (AvgIpc) is 2.39. The van der Waals surface area contributed by atoms with Crippen molar-refractivity contribution in [3.8, 4) is 11.8 Å². The predicted octanol–water partition coefficient (Wildman–Crippen LogP) is 2.97. The van der Waals surface area contributed by atoms with E-state index in [4.69, 9.17) is 10.00 Å². The molecule has 0 N–H and O–H groups in total. The van der Waals surface area contributed by atoms with E-state index in [0.29, 0.717) is 6.54 Å². The van der Waals surface area contributed by atoms with E-state index in [-0.39, 0.29) is 5.60 Å². The SMILES string of the molecule is CCC1(CC)CN(CC#N)c2ccccc2O1. The van der Waals surface area contributed by atoms with Gasteiger partial charge in [-0.25, -0.2) is 0 Å². The molecule has 0 aromatic heterocycles. The Morgan fingerprint density at radius 3 is 2.71 bits per heavy atom. The molecule has 0 atom stereocenters. The molecule has 17 heavy (non-hydrogen) atoms. The lowest BCUT2D eigenvalue weighted by atomic mass is 9.94. The minimum atomic E-state index is -0.148. The van der Waals surface area contributed by atoms with Crippen LogP contribution in [0.15, 0.2) is 24.3 Å². The Morgan fingerprint density at radius 1 is 1.35 bits per heavy atom. The molecule has 2 rings (SSSR count). The fourth-order valence-electron chi connectivity index (χ4n) is 2.35. The van der Waals surface area contributed by atoms with Crippen molar-refractivity contribution in [2.24, 2.45) is 0 Å². The Labute approximate surface area is 103 Å². The van der Waals surface area contributed by atoms with Crippen LogP contribution >= 0.6 is 0 Å². The predicted molar refractivity (Wildman–Crippen MR) is 68.2 cm³/mol. The number of ether oxygens (including phenoxy) is 1. The summed E-state index contributed by atoms with van der Waals surface area (Å²) in [4.78, 5) is 2.12. The third-order valence-corrected chi connectivity index (χ3v) is 3.56. The number of hydrogen-bond donors (Lipinski definition) is 0. The summed E-state index contributed by atoms with van der Waals surface area (Å²) in [6.45, 7) is 5.50. The molecular formula is C14H18N2O. The van der Waals surface area contributed by atoms with Crippen LogP contribution in [0.1, 0.15) is 26.7 Å². The van der Waals surface area contributed by atoms with Gasteiger partial charge in [0, 0.05) is 0 Å². The summed E-state index contributed by atoms with van der Waals surface area (Å²) in [6.07, 6.45) is 1.92. The van der Waals surface area contributed by atoms with Gasteiger partial charge in [0.25, 0.3) is 0 Å². The monoisotopic (exact) mass is 230 g/mol. The van der Waals surface area contributed by atoms with E-state index in [1.165, 1.54) is 0 Å². The van der Waals surface area contributed by atoms with Gasteiger partial charge in [0.05, 0.1) is 18.3 Å². The van der Waals surface area contributed by atoms with Gasteiger partial charge in [-0.2, -0.15) is 5.26 Å². The summed E-state index contributed by atoms with van der Waals surface area (Å²) >= 11 is 0. The highest BCUT2D eigenvalue weighted by Gasteiger charge is 2.36. The first-order valence-electron chi connectivity index (χ1n) is 6.14. The lowest BCUT2D eigenvalue weighted by Gasteiger charge is -2.43. The van der Waals surface area contributed by atoms with Crippen LogP contribution in [-0.4, -0.2) is 18.7 Å². The van der Waals surface area contributed by atoms with Gasteiger partial charge in [0.2, 0.25) is 0 Å². The molecule has 0 amide bonds. The van der Waals surface area contributed by atoms with Gasteiger partial charge in [0.15, 0.2) is 0 Å². The Kier molecular flexibility index (Phi) is 3.23. The van der Waals surface area contributed by atoms with E-state index in [1.54, 1.807) is 0 Å². The summed E-state index contributed by atoms with van der Waals surface area (Å²) in [7, 11) is 0. The van der Waals surface area contributed by atoms with E-state index in [9.17, 15) is 0 Å². The Balaban J connectivity index is 2.39. The van der Waals surface area contributed by atoms with Gasteiger partial charge in [-0.05, 0) is 25.0 Å². The maximum Gasteiger partial charge on any atom is 0.143 e. The zero-order valence-electron chi connectivity index (χ0n) is 10.4.